The summed E-state index contributed by atoms with van der Waals surface area (Å²) in [4.78, 5) is 12.2. The molecule has 0 fully saturated rings. The highest BCUT2D eigenvalue weighted by Crippen LogP contribution is 2.37. The van der Waals surface area contributed by atoms with Crippen molar-refractivity contribution in [2.75, 3.05) is 7.11 Å². The molecule has 1 unspecified atom stereocenters. The first-order chi connectivity index (χ1) is 11.7. The van der Waals surface area contributed by atoms with Crippen LogP contribution in [0.2, 0.25) is 0 Å². The third-order valence-electron chi connectivity index (χ3n) is 4.12. The number of fused-ring (bicyclic) bond motifs is 1. The van der Waals surface area contributed by atoms with E-state index in [1.165, 1.54) is 12.1 Å². The van der Waals surface area contributed by atoms with Crippen LogP contribution in [0.3, 0.4) is 0 Å². The van der Waals surface area contributed by atoms with E-state index in [-0.39, 0.29) is 11.7 Å². The van der Waals surface area contributed by atoms with Crippen LogP contribution in [0.5, 0.6) is 5.75 Å². The van der Waals surface area contributed by atoms with E-state index >= 15 is 0 Å². The van der Waals surface area contributed by atoms with E-state index in [1.54, 1.807) is 19.2 Å². The standard InChI is InChI=1S/C18H14FN3O2/c1-24-13-7-3-5-11(9-13)16-14-15(10-4-2-6-12(19)8-10)20-18(23)17(14)22-21-16/h2-9,15H,1H3,(H,20,23)(H,21,22). The number of carbonyl (C=O) groups is 1. The maximum absolute atomic E-state index is 13.6. The molecule has 1 aliphatic heterocycles. The predicted octanol–water partition coefficient (Wildman–Crippen LogP) is 3.06. The van der Waals surface area contributed by atoms with Crippen LogP contribution < -0.4 is 10.1 Å². The number of benzene rings is 2. The Labute approximate surface area is 137 Å². The number of ether oxygens (including phenoxy) is 1. The second kappa shape index (κ2) is 5.49. The molecular formula is C18H14FN3O2. The number of amides is 1. The van der Waals surface area contributed by atoms with Crippen molar-refractivity contribution >= 4 is 5.91 Å². The summed E-state index contributed by atoms with van der Waals surface area (Å²) < 4.78 is 18.8. The van der Waals surface area contributed by atoms with Crippen molar-refractivity contribution in [3.8, 4) is 17.0 Å². The van der Waals surface area contributed by atoms with Gasteiger partial charge in [-0.25, -0.2) is 4.39 Å². The van der Waals surface area contributed by atoms with Crippen molar-refractivity contribution < 1.29 is 13.9 Å². The highest BCUT2D eigenvalue weighted by Gasteiger charge is 2.35. The third kappa shape index (κ3) is 2.23. The number of rotatable bonds is 3. The summed E-state index contributed by atoms with van der Waals surface area (Å²) in [6.07, 6.45) is 0. The fourth-order valence-corrected chi connectivity index (χ4v) is 3.01. The molecule has 0 aliphatic carbocycles. The number of carbonyl (C=O) groups excluding carboxylic acids is 1. The van der Waals surface area contributed by atoms with Crippen molar-refractivity contribution in [3.05, 3.63) is 71.2 Å². The molecule has 120 valence electrons. The van der Waals surface area contributed by atoms with Crippen LogP contribution in [0.15, 0.2) is 48.5 Å². The van der Waals surface area contributed by atoms with Gasteiger partial charge < -0.3 is 10.1 Å². The first-order valence-corrected chi connectivity index (χ1v) is 7.46. The predicted molar refractivity (Wildman–Crippen MR) is 86.3 cm³/mol. The maximum atomic E-state index is 13.6. The number of halogens is 1. The minimum absolute atomic E-state index is 0.249. The van der Waals surface area contributed by atoms with E-state index < -0.39 is 6.04 Å². The maximum Gasteiger partial charge on any atom is 0.270 e. The Balaban J connectivity index is 1.86. The van der Waals surface area contributed by atoms with Gasteiger partial charge in [0.25, 0.3) is 5.91 Å². The molecule has 4 rings (SSSR count). The zero-order chi connectivity index (χ0) is 16.7. The van der Waals surface area contributed by atoms with Gasteiger partial charge in [-0.3, -0.25) is 9.89 Å². The molecule has 2 heterocycles. The minimum atomic E-state index is -0.442. The van der Waals surface area contributed by atoms with Crippen molar-refractivity contribution in [2.24, 2.45) is 0 Å². The van der Waals surface area contributed by atoms with Crippen LogP contribution in [-0.2, 0) is 0 Å². The average molecular weight is 323 g/mol. The van der Waals surface area contributed by atoms with E-state index in [0.29, 0.717) is 22.7 Å². The number of hydrogen-bond acceptors (Lipinski definition) is 3. The van der Waals surface area contributed by atoms with E-state index in [2.05, 4.69) is 15.5 Å². The van der Waals surface area contributed by atoms with E-state index in [0.717, 1.165) is 11.1 Å². The van der Waals surface area contributed by atoms with Crippen molar-refractivity contribution in [1.29, 1.82) is 0 Å². The van der Waals surface area contributed by atoms with Gasteiger partial charge >= 0.3 is 0 Å². The Kier molecular flexibility index (Phi) is 3.30. The number of nitrogens with one attached hydrogen (secondary N) is 2. The summed E-state index contributed by atoms with van der Waals surface area (Å²) >= 11 is 0. The molecule has 0 saturated carbocycles. The second-order valence-electron chi connectivity index (χ2n) is 5.55. The number of aromatic amines is 1. The van der Waals surface area contributed by atoms with Crippen molar-refractivity contribution in [2.45, 2.75) is 6.04 Å². The van der Waals surface area contributed by atoms with Gasteiger partial charge in [0, 0.05) is 11.1 Å². The summed E-state index contributed by atoms with van der Waals surface area (Å²) in [5.41, 5.74) is 3.27. The quantitative estimate of drug-likeness (QED) is 0.778. The number of aromatic nitrogens is 2. The number of hydrogen-bond donors (Lipinski definition) is 2. The highest BCUT2D eigenvalue weighted by atomic mass is 19.1. The highest BCUT2D eigenvalue weighted by molar-refractivity contribution is 6.00. The Morgan fingerprint density at radius 3 is 2.79 bits per heavy atom. The number of H-pyrrole nitrogens is 1. The molecular weight excluding hydrogens is 309 g/mol. The lowest BCUT2D eigenvalue weighted by Gasteiger charge is -2.13. The molecule has 2 aromatic carbocycles. The summed E-state index contributed by atoms with van der Waals surface area (Å²) in [6, 6.07) is 13.2. The Morgan fingerprint density at radius 2 is 2.00 bits per heavy atom. The molecule has 0 spiro atoms. The van der Waals surface area contributed by atoms with Crippen LogP contribution in [0.4, 0.5) is 4.39 Å². The number of nitrogens with zero attached hydrogens (tertiary/aromatic N) is 1. The van der Waals surface area contributed by atoms with Gasteiger partial charge in [0.1, 0.15) is 17.3 Å². The Morgan fingerprint density at radius 1 is 1.17 bits per heavy atom. The molecule has 1 amide bonds. The van der Waals surface area contributed by atoms with Crippen LogP contribution in [0, 0.1) is 5.82 Å². The molecule has 0 radical (unpaired) electrons. The normalized spacial score (nSPS) is 15.9. The molecule has 1 aliphatic rings. The zero-order valence-electron chi connectivity index (χ0n) is 12.8. The van der Waals surface area contributed by atoms with Gasteiger partial charge in [-0.1, -0.05) is 24.3 Å². The lowest BCUT2D eigenvalue weighted by atomic mass is 9.96. The van der Waals surface area contributed by atoms with Gasteiger partial charge in [0.15, 0.2) is 0 Å². The minimum Gasteiger partial charge on any atom is -0.497 e. The SMILES string of the molecule is COc1cccc(-c2n[nH]c3c2C(c2cccc(F)c2)NC3=O)c1. The van der Waals surface area contributed by atoms with Crippen molar-refractivity contribution in [3.63, 3.8) is 0 Å². The molecule has 2 N–H and O–H groups in total. The van der Waals surface area contributed by atoms with E-state index in [9.17, 15) is 9.18 Å². The summed E-state index contributed by atoms with van der Waals surface area (Å²) in [5, 5.41) is 9.96. The molecule has 5 nitrogen and oxygen atoms in total. The molecule has 24 heavy (non-hydrogen) atoms. The fourth-order valence-electron chi connectivity index (χ4n) is 3.01. The van der Waals surface area contributed by atoms with Gasteiger partial charge in [-0.2, -0.15) is 5.10 Å². The summed E-state index contributed by atoms with van der Waals surface area (Å²) in [6.45, 7) is 0. The third-order valence-corrected chi connectivity index (χ3v) is 4.12. The van der Waals surface area contributed by atoms with Crippen LogP contribution in [0.1, 0.15) is 27.7 Å². The summed E-state index contributed by atoms with van der Waals surface area (Å²) in [5.74, 6) is 0.103. The Bertz CT molecular complexity index is 936. The first kappa shape index (κ1) is 14.4. The lowest BCUT2D eigenvalue weighted by Crippen LogP contribution is -2.21. The van der Waals surface area contributed by atoms with Crippen LogP contribution >= 0.6 is 0 Å². The second-order valence-corrected chi connectivity index (χ2v) is 5.55. The van der Waals surface area contributed by atoms with Crippen LogP contribution in [0.25, 0.3) is 11.3 Å². The summed E-state index contributed by atoms with van der Waals surface area (Å²) in [7, 11) is 1.59. The van der Waals surface area contributed by atoms with Gasteiger partial charge in [-0.05, 0) is 29.8 Å². The molecule has 1 aromatic heterocycles. The van der Waals surface area contributed by atoms with E-state index in [1.807, 2.05) is 24.3 Å². The lowest BCUT2D eigenvalue weighted by molar-refractivity contribution is 0.0955. The Hall–Kier alpha value is -3.15. The average Bonchev–Trinajstić information content (AvgIpc) is 3.16. The first-order valence-electron chi connectivity index (χ1n) is 7.46. The molecule has 0 saturated heterocycles. The van der Waals surface area contributed by atoms with Gasteiger partial charge in [-0.15, -0.1) is 0 Å². The molecule has 0 bridgehead atoms. The fraction of sp³-hybridized carbons (Fsp3) is 0.111. The molecule has 3 aromatic rings. The zero-order valence-corrected chi connectivity index (χ0v) is 12.8. The largest absolute Gasteiger partial charge is 0.497 e. The smallest absolute Gasteiger partial charge is 0.270 e. The van der Waals surface area contributed by atoms with Crippen LogP contribution in [-0.4, -0.2) is 23.2 Å². The molecule has 1 atom stereocenters. The van der Waals surface area contributed by atoms with Gasteiger partial charge in [0.2, 0.25) is 0 Å². The van der Waals surface area contributed by atoms with Crippen molar-refractivity contribution in [1.82, 2.24) is 15.5 Å². The molecule has 6 heteroatoms. The van der Waals surface area contributed by atoms with Gasteiger partial charge in [0.05, 0.1) is 18.8 Å². The number of methoxy groups -OCH3 is 1. The van der Waals surface area contributed by atoms with E-state index in [4.69, 9.17) is 4.74 Å². The topological polar surface area (TPSA) is 67.0 Å². The monoisotopic (exact) mass is 323 g/mol.